The molecule has 2 rings (SSSR count). The van der Waals surface area contributed by atoms with Crippen molar-refractivity contribution in [3.63, 3.8) is 0 Å². The number of nitrogens with zero attached hydrogens (tertiary/aromatic N) is 2. The van der Waals surface area contributed by atoms with E-state index in [9.17, 15) is 8.42 Å². The van der Waals surface area contributed by atoms with E-state index in [1.54, 1.807) is 39.2 Å². The van der Waals surface area contributed by atoms with Crippen LogP contribution in [0.3, 0.4) is 0 Å². The maximum atomic E-state index is 12.5. The number of aromatic nitrogens is 2. The van der Waals surface area contributed by atoms with Crippen molar-refractivity contribution in [3.8, 4) is 0 Å². The van der Waals surface area contributed by atoms with Crippen LogP contribution in [0.1, 0.15) is 18.9 Å². The Labute approximate surface area is 122 Å². The van der Waals surface area contributed by atoms with Gasteiger partial charge in [0.1, 0.15) is 5.01 Å². The molecule has 2 heterocycles. The number of anilines is 1. The Morgan fingerprint density at radius 2 is 2.00 bits per heavy atom. The molecule has 0 fully saturated rings. The van der Waals surface area contributed by atoms with Crippen LogP contribution in [0, 0.1) is 0 Å². The van der Waals surface area contributed by atoms with Crippen LogP contribution in [0.2, 0.25) is 0 Å². The summed E-state index contributed by atoms with van der Waals surface area (Å²) in [5, 5.41) is 5.31. The lowest BCUT2D eigenvalue weighted by Gasteiger charge is -2.23. The molecule has 6 nitrogen and oxygen atoms in total. The lowest BCUT2D eigenvalue weighted by molar-refractivity contribution is 0.468. The van der Waals surface area contributed by atoms with Gasteiger partial charge >= 0.3 is 0 Å². The van der Waals surface area contributed by atoms with Gasteiger partial charge in [-0.05, 0) is 26.0 Å². The second kappa shape index (κ2) is 5.47. The second-order valence-electron chi connectivity index (χ2n) is 4.67. The van der Waals surface area contributed by atoms with Crippen LogP contribution in [-0.4, -0.2) is 25.4 Å². The predicted octanol–water partition coefficient (Wildman–Crippen LogP) is 1.79. The van der Waals surface area contributed by atoms with Crippen molar-refractivity contribution in [3.05, 3.63) is 34.9 Å². The fourth-order valence-corrected chi connectivity index (χ4v) is 4.06. The topological polar surface area (TPSA) is 84.0 Å². The Hall–Kier alpha value is -1.51. The lowest BCUT2D eigenvalue weighted by Crippen LogP contribution is -2.41. The Bertz CT molecular complexity index is 681. The first-order valence-electron chi connectivity index (χ1n) is 5.93. The Kier molecular flexibility index (Phi) is 4.07. The van der Waals surface area contributed by atoms with Crippen LogP contribution < -0.4 is 10.0 Å². The molecule has 20 heavy (non-hydrogen) atoms. The lowest BCUT2D eigenvalue weighted by atomic mass is 10.1. The summed E-state index contributed by atoms with van der Waals surface area (Å²) < 4.78 is 27.6. The third kappa shape index (κ3) is 2.97. The molecule has 0 saturated heterocycles. The van der Waals surface area contributed by atoms with Crippen molar-refractivity contribution in [1.82, 2.24) is 14.7 Å². The van der Waals surface area contributed by atoms with Crippen LogP contribution in [0.4, 0.5) is 5.69 Å². The molecule has 0 unspecified atom stereocenters. The molecule has 2 aromatic rings. The molecule has 8 heteroatoms. The summed E-state index contributed by atoms with van der Waals surface area (Å²) in [7, 11) is -2.09. The highest BCUT2D eigenvalue weighted by Crippen LogP contribution is 2.26. The van der Waals surface area contributed by atoms with Crippen LogP contribution in [-0.2, 0) is 15.6 Å². The number of hydrogen-bond acceptors (Lipinski definition) is 6. The largest absolute Gasteiger partial charge is 0.386 e. The fourth-order valence-electron chi connectivity index (χ4n) is 1.76. The van der Waals surface area contributed by atoms with Gasteiger partial charge in [0.05, 0.1) is 11.2 Å². The zero-order valence-corrected chi connectivity index (χ0v) is 13.0. The van der Waals surface area contributed by atoms with Crippen molar-refractivity contribution in [2.45, 2.75) is 24.4 Å². The third-order valence-corrected chi connectivity index (χ3v) is 5.36. The highest BCUT2D eigenvalue weighted by Gasteiger charge is 2.31. The molecule has 0 radical (unpaired) electrons. The smallest absolute Gasteiger partial charge is 0.261 e. The molecule has 0 aromatic carbocycles. The van der Waals surface area contributed by atoms with Crippen molar-refractivity contribution in [2.24, 2.45) is 0 Å². The average Bonchev–Trinajstić information content (AvgIpc) is 2.92. The van der Waals surface area contributed by atoms with E-state index in [2.05, 4.69) is 20.0 Å². The van der Waals surface area contributed by atoms with Gasteiger partial charge < -0.3 is 5.32 Å². The van der Waals surface area contributed by atoms with E-state index in [1.165, 1.54) is 17.5 Å². The fraction of sp³-hybridized carbons (Fsp3) is 0.333. The first-order chi connectivity index (χ1) is 9.37. The summed E-state index contributed by atoms with van der Waals surface area (Å²) in [5.74, 6) is 0. The SMILES string of the molecule is CNc1cccnc1S(=O)(=O)NC(C)(C)c1nccs1. The maximum Gasteiger partial charge on any atom is 0.261 e. The van der Waals surface area contributed by atoms with E-state index in [-0.39, 0.29) is 5.03 Å². The average molecular weight is 312 g/mol. The van der Waals surface area contributed by atoms with Crippen LogP contribution in [0.25, 0.3) is 0 Å². The summed E-state index contributed by atoms with van der Waals surface area (Å²) in [4.78, 5) is 8.12. The van der Waals surface area contributed by atoms with Gasteiger partial charge in [-0.25, -0.2) is 18.4 Å². The van der Waals surface area contributed by atoms with E-state index in [1.807, 2.05) is 5.38 Å². The Balaban J connectivity index is 2.37. The third-order valence-electron chi connectivity index (χ3n) is 2.65. The number of hydrogen-bond donors (Lipinski definition) is 2. The highest BCUT2D eigenvalue weighted by molar-refractivity contribution is 7.89. The van der Waals surface area contributed by atoms with Crippen molar-refractivity contribution < 1.29 is 8.42 Å². The maximum absolute atomic E-state index is 12.5. The van der Waals surface area contributed by atoms with E-state index in [4.69, 9.17) is 0 Å². The molecule has 2 aromatic heterocycles. The molecule has 0 amide bonds. The molecular formula is C12H16N4O2S2. The van der Waals surface area contributed by atoms with E-state index in [0.29, 0.717) is 10.7 Å². The molecule has 2 N–H and O–H groups in total. The monoisotopic (exact) mass is 312 g/mol. The second-order valence-corrected chi connectivity index (χ2v) is 7.17. The minimum atomic E-state index is -3.74. The molecule has 0 spiro atoms. The predicted molar refractivity (Wildman–Crippen MR) is 79.2 cm³/mol. The molecule has 108 valence electrons. The summed E-state index contributed by atoms with van der Waals surface area (Å²) in [6, 6.07) is 3.34. The van der Waals surface area contributed by atoms with Crippen LogP contribution >= 0.6 is 11.3 Å². The van der Waals surface area contributed by atoms with Gasteiger partial charge in [0.25, 0.3) is 10.0 Å². The number of sulfonamides is 1. The minimum absolute atomic E-state index is 0.0212. The normalized spacial score (nSPS) is 12.3. The van der Waals surface area contributed by atoms with Crippen molar-refractivity contribution in [2.75, 3.05) is 12.4 Å². The molecule has 0 aliphatic heterocycles. The summed E-state index contributed by atoms with van der Waals surface area (Å²) in [6.07, 6.45) is 3.10. The summed E-state index contributed by atoms with van der Waals surface area (Å²) in [6.45, 7) is 3.54. The van der Waals surface area contributed by atoms with Gasteiger partial charge in [-0.3, -0.25) is 0 Å². The number of nitrogens with one attached hydrogen (secondary N) is 2. The molecule has 0 bridgehead atoms. The van der Waals surface area contributed by atoms with E-state index >= 15 is 0 Å². The summed E-state index contributed by atoms with van der Waals surface area (Å²) >= 11 is 1.40. The van der Waals surface area contributed by atoms with Gasteiger partial charge in [0.2, 0.25) is 0 Å². The van der Waals surface area contributed by atoms with Crippen molar-refractivity contribution >= 4 is 27.0 Å². The van der Waals surface area contributed by atoms with Gasteiger partial charge in [-0.2, -0.15) is 4.72 Å². The van der Waals surface area contributed by atoms with E-state index in [0.717, 1.165) is 0 Å². The number of rotatable bonds is 5. The quantitative estimate of drug-likeness (QED) is 0.879. The Morgan fingerprint density at radius 3 is 2.60 bits per heavy atom. The standard InChI is InChI=1S/C12H16N4O2S2/c1-12(2,11-15-7-8-19-11)16-20(17,18)10-9(13-3)5-4-6-14-10/h4-8,13,16H,1-3H3. The molecule has 0 atom stereocenters. The zero-order valence-electron chi connectivity index (χ0n) is 11.4. The van der Waals surface area contributed by atoms with Crippen LogP contribution in [0.15, 0.2) is 34.9 Å². The first-order valence-corrected chi connectivity index (χ1v) is 8.30. The van der Waals surface area contributed by atoms with Crippen LogP contribution in [0.5, 0.6) is 0 Å². The molecule has 0 aliphatic rings. The van der Waals surface area contributed by atoms with Crippen molar-refractivity contribution in [1.29, 1.82) is 0 Å². The molecule has 0 aliphatic carbocycles. The molecular weight excluding hydrogens is 296 g/mol. The summed E-state index contributed by atoms with van der Waals surface area (Å²) in [5.41, 5.74) is -0.342. The van der Waals surface area contributed by atoms with Gasteiger partial charge in [0, 0.05) is 24.8 Å². The zero-order chi connectivity index (χ0) is 14.8. The first kappa shape index (κ1) is 14.9. The van der Waals surface area contributed by atoms with Gasteiger partial charge in [-0.15, -0.1) is 11.3 Å². The number of thiazole rings is 1. The van der Waals surface area contributed by atoms with E-state index < -0.39 is 15.6 Å². The molecule has 0 saturated carbocycles. The highest BCUT2D eigenvalue weighted by atomic mass is 32.2. The van der Waals surface area contributed by atoms with Gasteiger partial charge in [-0.1, -0.05) is 0 Å². The number of pyridine rings is 1. The van der Waals surface area contributed by atoms with Gasteiger partial charge in [0.15, 0.2) is 5.03 Å². The minimum Gasteiger partial charge on any atom is -0.386 e. The Morgan fingerprint density at radius 1 is 1.25 bits per heavy atom.